The molecule has 0 bridgehead atoms. The Morgan fingerprint density at radius 2 is 2.50 bits per heavy atom. The molecule has 0 unspecified atom stereocenters. The van der Waals surface area contributed by atoms with E-state index in [0.717, 1.165) is 0 Å². The summed E-state index contributed by atoms with van der Waals surface area (Å²) in [6.45, 7) is 0. The van der Waals surface area contributed by atoms with Gasteiger partial charge in [-0.1, -0.05) is 0 Å². The molecule has 0 N–H and O–H groups in total. The Morgan fingerprint density at radius 1 is 1.50 bits per heavy atom. The summed E-state index contributed by atoms with van der Waals surface area (Å²) in [5, 5.41) is 0. The van der Waals surface area contributed by atoms with Crippen molar-refractivity contribution in [2.75, 3.05) is 0 Å². The van der Waals surface area contributed by atoms with Gasteiger partial charge in [0.05, 0.1) is 6.26 Å². The summed E-state index contributed by atoms with van der Waals surface area (Å²) in [6.07, 6.45) is 3.15. The molecule has 2 aliphatic rings. The average Bonchev–Trinajstić information content (AvgIpc) is 2.36. The van der Waals surface area contributed by atoms with Crippen molar-refractivity contribution in [3.63, 3.8) is 0 Å². The van der Waals surface area contributed by atoms with Gasteiger partial charge in [-0.3, -0.25) is 0 Å². The summed E-state index contributed by atoms with van der Waals surface area (Å²) in [5.41, 5.74) is 1.12. The molecule has 40 valence electrons. The second-order valence-electron chi connectivity index (χ2n) is 1.42. The van der Waals surface area contributed by atoms with Crippen LogP contribution in [0.5, 0.6) is 0 Å². The molecule has 3 nitrogen and oxygen atoms in total. The maximum absolute atomic E-state index is 4.83. The molecule has 3 heteroatoms. The van der Waals surface area contributed by atoms with E-state index in [-0.39, 0.29) is 0 Å². The first kappa shape index (κ1) is 3.72. The molecular formula is C5H3NO2. The standard InChI is InChI=1S/C5H3NO2/c1-2-6-4-5(8-4)7-3-1/h1-3H. The molecule has 0 saturated heterocycles. The maximum Gasteiger partial charge on any atom is 0.357 e. The van der Waals surface area contributed by atoms with Gasteiger partial charge < -0.3 is 8.83 Å². The predicted octanol–water partition coefficient (Wildman–Crippen LogP) is 0.992. The fourth-order valence-electron chi connectivity index (χ4n) is 0.463. The number of aromatic nitrogens is 1. The maximum atomic E-state index is 4.83. The summed E-state index contributed by atoms with van der Waals surface area (Å²) >= 11 is 0. The van der Waals surface area contributed by atoms with E-state index < -0.39 is 0 Å². The van der Waals surface area contributed by atoms with Crippen molar-refractivity contribution in [3.8, 4) is 0 Å². The van der Waals surface area contributed by atoms with E-state index in [4.69, 9.17) is 8.83 Å². The molecule has 0 aliphatic carbocycles. The second-order valence-corrected chi connectivity index (χ2v) is 1.42. The van der Waals surface area contributed by atoms with Crippen molar-refractivity contribution >= 4 is 0 Å². The third kappa shape index (κ3) is 0.411. The van der Waals surface area contributed by atoms with Crippen LogP contribution in [0.1, 0.15) is 0 Å². The molecule has 0 saturated carbocycles. The normalized spacial score (nSPS) is 10.5. The number of hydrogen-bond donors (Lipinski definition) is 0. The van der Waals surface area contributed by atoms with E-state index in [1.54, 1.807) is 12.3 Å². The van der Waals surface area contributed by atoms with E-state index in [1.807, 2.05) is 0 Å². The van der Waals surface area contributed by atoms with Crippen LogP contribution in [-0.4, -0.2) is 4.98 Å². The molecule has 0 atom stereocenters. The van der Waals surface area contributed by atoms with E-state index in [1.165, 1.54) is 6.26 Å². The topological polar surface area (TPSA) is 39.2 Å². The fraction of sp³-hybridized carbons (Fsp3) is 0. The number of rotatable bonds is 0. The van der Waals surface area contributed by atoms with Gasteiger partial charge in [0.1, 0.15) is 0 Å². The first-order valence-electron chi connectivity index (χ1n) is 2.25. The third-order valence-corrected chi connectivity index (χ3v) is 0.854. The molecule has 8 heavy (non-hydrogen) atoms. The smallest absolute Gasteiger partial charge is 0.357 e. The predicted molar refractivity (Wildman–Crippen MR) is 24.1 cm³/mol. The zero-order valence-corrected chi connectivity index (χ0v) is 4.00. The van der Waals surface area contributed by atoms with Crippen LogP contribution >= 0.6 is 0 Å². The minimum atomic E-state index is 0.523. The largest absolute Gasteiger partial charge is 0.430 e. The first-order valence-corrected chi connectivity index (χ1v) is 2.25. The van der Waals surface area contributed by atoms with Crippen molar-refractivity contribution < 1.29 is 8.83 Å². The highest BCUT2D eigenvalue weighted by atomic mass is 16.5. The SMILES string of the molecule is c1cnc2oc=2oc1. The molecule has 2 heterocycles. The summed E-state index contributed by atoms with van der Waals surface area (Å²) in [7, 11) is 0. The molecular weight excluding hydrogens is 106 g/mol. The van der Waals surface area contributed by atoms with Gasteiger partial charge >= 0.3 is 11.2 Å². The highest BCUT2D eigenvalue weighted by molar-refractivity contribution is 4.76. The van der Waals surface area contributed by atoms with Gasteiger partial charge in [0, 0.05) is 6.20 Å². The van der Waals surface area contributed by atoms with E-state index in [2.05, 4.69) is 4.98 Å². The van der Waals surface area contributed by atoms with Crippen molar-refractivity contribution in [1.29, 1.82) is 0 Å². The van der Waals surface area contributed by atoms with Crippen LogP contribution in [0.25, 0.3) is 0 Å². The lowest BCUT2D eigenvalue weighted by molar-refractivity contribution is 0.435. The molecule has 0 radical (unpaired) electrons. The highest BCUT2D eigenvalue weighted by Crippen LogP contribution is 1.99. The molecule has 0 aromatic heterocycles. The molecule has 0 spiro atoms. The van der Waals surface area contributed by atoms with Crippen LogP contribution in [0.2, 0.25) is 0 Å². The quantitative estimate of drug-likeness (QED) is 0.506. The summed E-state index contributed by atoms with van der Waals surface area (Å²) in [4.78, 5) is 3.82. The van der Waals surface area contributed by atoms with Gasteiger partial charge in [0.2, 0.25) is 0 Å². The molecule has 0 aromatic rings. The Morgan fingerprint density at radius 3 is 3.50 bits per heavy atom. The molecule has 0 aromatic carbocycles. The first-order chi connectivity index (χ1) is 3.97. The fourth-order valence-corrected chi connectivity index (χ4v) is 0.463. The van der Waals surface area contributed by atoms with E-state index in [9.17, 15) is 0 Å². The Balaban J connectivity index is 2.93. The van der Waals surface area contributed by atoms with Crippen molar-refractivity contribution in [3.05, 3.63) is 29.7 Å². The van der Waals surface area contributed by atoms with Gasteiger partial charge in [0.15, 0.2) is 0 Å². The molecule has 0 amide bonds. The van der Waals surface area contributed by atoms with Gasteiger partial charge in [-0.15, -0.1) is 0 Å². The highest BCUT2D eigenvalue weighted by Gasteiger charge is 1.98. The van der Waals surface area contributed by atoms with Crippen LogP contribution < -0.4 is 0 Å². The monoisotopic (exact) mass is 109 g/mol. The third-order valence-electron chi connectivity index (χ3n) is 0.854. The van der Waals surface area contributed by atoms with Crippen LogP contribution in [0.4, 0.5) is 0 Å². The molecule has 0 fully saturated rings. The number of nitrogens with zero attached hydrogens (tertiary/aromatic N) is 1. The van der Waals surface area contributed by atoms with Gasteiger partial charge in [0.25, 0.3) is 0 Å². The Bertz CT molecular complexity index is 292. The van der Waals surface area contributed by atoms with Crippen LogP contribution in [0, 0.1) is 11.2 Å². The molecule has 2 rings (SSSR count). The lowest BCUT2D eigenvalue weighted by Gasteiger charge is -1.59. The second kappa shape index (κ2) is 1.12. The lowest BCUT2D eigenvalue weighted by Crippen LogP contribution is -1.51. The van der Waals surface area contributed by atoms with Gasteiger partial charge in [-0.05, 0) is 6.07 Å². The van der Waals surface area contributed by atoms with Crippen molar-refractivity contribution in [2.45, 2.75) is 0 Å². The van der Waals surface area contributed by atoms with Crippen molar-refractivity contribution in [1.82, 2.24) is 4.98 Å². The Kier molecular flexibility index (Phi) is 0.521. The van der Waals surface area contributed by atoms with Crippen LogP contribution in [0.15, 0.2) is 27.4 Å². The zero-order chi connectivity index (χ0) is 5.40. The summed E-state index contributed by atoms with van der Waals surface area (Å²) in [5.74, 6) is 0. The average molecular weight is 109 g/mol. The minimum absolute atomic E-state index is 0.523. The Labute approximate surface area is 44.6 Å². The van der Waals surface area contributed by atoms with E-state index >= 15 is 0 Å². The lowest BCUT2D eigenvalue weighted by atomic mass is 10.8. The van der Waals surface area contributed by atoms with Gasteiger partial charge in [-0.25, -0.2) is 4.98 Å². The molecule has 2 aliphatic heterocycles. The van der Waals surface area contributed by atoms with Crippen LogP contribution in [-0.2, 0) is 0 Å². The number of hydrogen-bond acceptors (Lipinski definition) is 3. The van der Waals surface area contributed by atoms with Crippen LogP contribution in [0.3, 0.4) is 0 Å². The van der Waals surface area contributed by atoms with Gasteiger partial charge in [-0.2, -0.15) is 0 Å². The summed E-state index contributed by atoms with van der Waals surface area (Å²) in [6, 6.07) is 1.70. The zero-order valence-electron chi connectivity index (χ0n) is 4.00. The summed E-state index contributed by atoms with van der Waals surface area (Å²) < 4.78 is 9.55. The van der Waals surface area contributed by atoms with E-state index in [0.29, 0.717) is 11.2 Å². The minimum Gasteiger partial charge on any atom is -0.430 e. The van der Waals surface area contributed by atoms with Crippen molar-refractivity contribution in [2.24, 2.45) is 0 Å². The Hall–Kier alpha value is -1.25.